The van der Waals surface area contributed by atoms with Gasteiger partial charge in [0, 0.05) is 19.1 Å². The highest BCUT2D eigenvalue weighted by Gasteiger charge is 2.29. The van der Waals surface area contributed by atoms with Crippen molar-refractivity contribution in [2.45, 2.75) is 23.1 Å². The van der Waals surface area contributed by atoms with Crippen LogP contribution in [0.3, 0.4) is 0 Å². The molecule has 0 amide bonds. The third-order valence-electron chi connectivity index (χ3n) is 2.93. The quantitative estimate of drug-likeness (QED) is 0.871. The van der Waals surface area contributed by atoms with Crippen molar-refractivity contribution in [3.05, 3.63) is 17.5 Å². The summed E-state index contributed by atoms with van der Waals surface area (Å²) >= 11 is 1.14. The Morgan fingerprint density at radius 1 is 1.37 bits per heavy atom. The maximum absolute atomic E-state index is 12.0. The predicted octanol–water partition coefficient (Wildman–Crippen LogP) is 0.450. The number of rotatable bonds is 4. The fourth-order valence-electron chi connectivity index (χ4n) is 2.03. The summed E-state index contributed by atoms with van der Waals surface area (Å²) in [5.41, 5.74) is 0. The van der Waals surface area contributed by atoms with Crippen LogP contribution < -0.4 is 4.72 Å². The molecule has 0 spiro atoms. The molecule has 0 aliphatic carbocycles. The summed E-state index contributed by atoms with van der Waals surface area (Å²) in [4.78, 5) is 0. The zero-order chi connectivity index (χ0) is 14.1. The normalized spacial score (nSPS) is 22.5. The van der Waals surface area contributed by atoms with Crippen molar-refractivity contribution >= 4 is 31.4 Å². The van der Waals surface area contributed by atoms with Crippen LogP contribution in [-0.2, 0) is 20.0 Å². The van der Waals surface area contributed by atoms with E-state index in [1.165, 1.54) is 10.4 Å². The molecule has 19 heavy (non-hydrogen) atoms. The predicted molar refractivity (Wildman–Crippen MR) is 74.1 cm³/mol. The molecule has 6 nitrogen and oxygen atoms in total. The fourth-order valence-corrected chi connectivity index (χ4v) is 5.22. The van der Waals surface area contributed by atoms with Crippen LogP contribution in [0.2, 0.25) is 0 Å². The van der Waals surface area contributed by atoms with E-state index in [1.807, 2.05) is 0 Å². The zero-order valence-electron chi connectivity index (χ0n) is 10.4. The second-order valence-corrected chi connectivity index (χ2v) is 9.38. The molecule has 1 atom stereocenters. The first-order chi connectivity index (χ1) is 8.79. The van der Waals surface area contributed by atoms with Gasteiger partial charge in [0.2, 0.25) is 20.0 Å². The van der Waals surface area contributed by atoms with Crippen molar-refractivity contribution in [1.82, 2.24) is 9.03 Å². The second-order valence-electron chi connectivity index (χ2n) is 4.51. The molecule has 1 unspecified atom stereocenters. The summed E-state index contributed by atoms with van der Waals surface area (Å²) in [5.74, 6) is 0. The molecule has 1 aromatic heterocycles. The summed E-state index contributed by atoms with van der Waals surface area (Å²) in [7, 11) is -6.81. The molecule has 0 radical (unpaired) electrons. The molecule has 0 aromatic carbocycles. The lowest BCUT2D eigenvalue weighted by molar-refractivity contribution is 0.305. The Balaban J connectivity index is 2.08. The number of sulfonamides is 2. The molecular formula is C10H16N2O4S3. The Kier molecular flexibility index (Phi) is 4.31. The maximum atomic E-state index is 12.0. The number of nitrogens with one attached hydrogen (secondary N) is 1. The van der Waals surface area contributed by atoms with Gasteiger partial charge in [-0.25, -0.2) is 25.9 Å². The number of thiophene rings is 1. The zero-order valence-corrected chi connectivity index (χ0v) is 12.9. The second kappa shape index (κ2) is 5.49. The molecule has 1 aliphatic heterocycles. The lowest BCUT2D eigenvalue weighted by atomic mass is 10.1. The van der Waals surface area contributed by atoms with E-state index in [1.54, 1.807) is 11.4 Å². The highest BCUT2D eigenvalue weighted by atomic mass is 32.2. The molecule has 2 heterocycles. The van der Waals surface area contributed by atoms with Crippen molar-refractivity contribution in [1.29, 1.82) is 0 Å². The number of hydrogen-bond donors (Lipinski definition) is 1. The lowest BCUT2D eigenvalue weighted by Crippen LogP contribution is -2.49. The summed E-state index contributed by atoms with van der Waals surface area (Å²) in [5, 5.41) is 1.69. The minimum absolute atomic E-state index is 0.198. The minimum Gasteiger partial charge on any atom is -0.213 e. The van der Waals surface area contributed by atoms with Gasteiger partial charge in [0.25, 0.3) is 0 Å². The molecule has 0 bridgehead atoms. The third kappa shape index (κ3) is 3.76. The third-order valence-corrected chi connectivity index (χ3v) is 7.12. The van der Waals surface area contributed by atoms with E-state index < -0.39 is 20.0 Å². The van der Waals surface area contributed by atoms with Crippen molar-refractivity contribution in [3.63, 3.8) is 0 Å². The average molecular weight is 324 g/mol. The maximum Gasteiger partial charge on any atom is 0.250 e. The standard InChI is InChI=1S/C10H16N2O4S3/c1-18(13,14)12-6-2-4-9(8-12)11-19(15,16)10-5-3-7-17-10/h3,5,7,9,11H,2,4,6,8H2,1H3. The first kappa shape index (κ1) is 14.9. The highest BCUT2D eigenvalue weighted by Crippen LogP contribution is 2.19. The van der Waals surface area contributed by atoms with Crippen LogP contribution >= 0.6 is 11.3 Å². The van der Waals surface area contributed by atoms with E-state index in [9.17, 15) is 16.8 Å². The van der Waals surface area contributed by atoms with E-state index >= 15 is 0 Å². The largest absolute Gasteiger partial charge is 0.250 e. The van der Waals surface area contributed by atoms with Gasteiger partial charge in [-0.2, -0.15) is 0 Å². The topological polar surface area (TPSA) is 83.6 Å². The molecule has 1 saturated heterocycles. The van der Waals surface area contributed by atoms with Crippen LogP contribution in [0.4, 0.5) is 0 Å². The Labute approximate surface area is 117 Å². The van der Waals surface area contributed by atoms with Crippen LogP contribution in [0.25, 0.3) is 0 Å². The Bertz CT molecular complexity index is 622. The van der Waals surface area contributed by atoms with Crippen LogP contribution in [0.15, 0.2) is 21.7 Å². The fraction of sp³-hybridized carbons (Fsp3) is 0.600. The molecule has 108 valence electrons. The molecule has 1 aromatic rings. The molecular weight excluding hydrogens is 308 g/mol. The van der Waals surface area contributed by atoms with Crippen LogP contribution in [0.5, 0.6) is 0 Å². The highest BCUT2D eigenvalue weighted by molar-refractivity contribution is 7.91. The smallest absolute Gasteiger partial charge is 0.213 e. The molecule has 9 heteroatoms. The van der Waals surface area contributed by atoms with Crippen LogP contribution in [0.1, 0.15) is 12.8 Å². The molecule has 1 N–H and O–H groups in total. The van der Waals surface area contributed by atoms with E-state index in [4.69, 9.17) is 0 Å². The van der Waals surface area contributed by atoms with Gasteiger partial charge < -0.3 is 0 Å². The summed E-state index contributed by atoms with van der Waals surface area (Å²) in [6.45, 7) is 0.652. The number of piperidine rings is 1. The van der Waals surface area contributed by atoms with Crippen molar-refractivity contribution in [3.8, 4) is 0 Å². The van der Waals surface area contributed by atoms with Gasteiger partial charge >= 0.3 is 0 Å². The van der Waals surface area contributed by atoms with E-state index in [2.05, 4.69) is 4.72 Å². The Morgan fingerprint density at radius 3 is 2.68 bits per heavy atom. The SMILES string of the molecule is CS(=O)(=O)N1CCCC(NS(=O)(=O)c2cccs2)C1. The van der Waals surface area contributed by atoms with Crippen molar-refractivity contribution in [2.24, 2.45) is 0 Å². The van der Waals surface area contributed by atoms with Gasteiger partial charge in [-0.3, -0.25) is 0 Å². The van der Waals surface area contributed by atoms with Gasteiger partial charge in [0.15, 0.2) is 0 Å². The lowest BCUT2D eigenvalue weighted by Gasteiger charge is -2.31. The minimum atomic E-state index is -3.54. The molecule has 0 saturated carbocycles. The van der Waals surface area contributed by atoms with E-state index in [-0.39, 0.29) is 16.8 Å². The molecule has 1 aliphatic rings. The molecule has 2 rings (SSSR count). The molecule has 1 fully saturated rings. The van der Waals surface area contributed by atoms with E-state index in [0.717, 1.165) is 17.6 Å². The van der Waals surface area contributed by atoms with Crippen molar-refractivity contribution < 1.29 is 16.8 Å². The summed E-state index contributed by atoms with van der Waals surface area (Å²) in [6.07, 6.45) is 2.45. The van der Waals surface area contributed by atoms with Gasteiger partial charge in [-0.1, -0.05) is 6.07 Å². The first-order valence-corrected chi connectivity index (χ1v) is 10.0. The van der Waals surface area contributed by atoms with Crippen molar-refractivity contribution in [2.75, 3.05) is 19.3 Å². The number of nitrogens with zero attached hydrogens (tertiary/aromatic N) is 1. The van der Waals surface area contributed by atoms with Crippen LogP contribution in [0, 0.1) is 0 Å². The Morgan fingerprint density at radius 2 is 2.11 bits per heavy atom. The summed E-state index contributed by atoms with van der Waals surface area (Å²) in [6, 6.07) is 2.84. The van der Waals surface area contributed by atoms with Gasteiger partial charge in [0.05, 0.1) is 6.26 Å². The van der Waals surface area contributed by atoms with Crippen LogP contribution in [-0.4, -0.2) is 46.5 Å². The Hall–Kier alpha value is -0.480. The monoisotopic (exact) mass is 324 g/mol. The van der Waals surface area contributed by atoms with Gasteiger partial charge in [0.1, 0.15) is 4.21 Å². The van der Waals surface area contributed by atoms with Gasteiger partial charge in [-0.15, -0.1) is 11.3 Å². The average Bonchev–Trinajstić information content (AvgIpc) is 2.81. The van der Waals surface area contributed by atoms with Gasteiger partial charge in [-0.05, 0) is 24.3 Å². The van der Waals surface area contributed by atoms with E-state index in [0.29, 0.717) is 19.4 Å². The summed E-state index contributed by atoms with van der Waals surface area (Å²) < 4.78 is 51.2. The first-order valence-electron chi connectivity index (χ1n) is 5.80. The number of hydrogen-bond acceptors (Lipinski definition) is 5.